The highest BCUT2D eigenvalue weighted by atomic mass is 35.5. The summed E-state index contributed by atoms with van der Waals surface area (Å²) in [6.07, 6.45) is 0. The van der Waals surface area contributed by atoms with E-state index in [4.69, 9.17) is 16.3 Å². The number of ether oxygens (including phenoxy) is 1. The minimum Gasteiger partial charge on any atom is -0.465 e. The van der Waals surface area contributed by atoms with Crippen LogP contribution in [0.3, 0.4) is 0 Å². The number of hydrogen-bond acceptors (Lipinski definition) is 5. The number of halogens is 1. The predicted octanol–water partition coefficient (Wildman–Crippen LogP) is 2.29. The molecular formula is C12H15ClN2O4. The number of hydrogen-bond donors (Lipinski definition) is 1. The summed E-state index contributed by atoms with van der Waals surface area (Å²) in [6.45, 7) is 3.75. The van der Waals surface area contributed by atoms with Crippen LogP contribution in [0.2, 0.25) is 5.02 Å². The van der Waals surface area contributed by atoms with Crippen LogP contribution in [0.5, 0.6) is 0 Å². The molecule has 6 nitrogen and oxygen atoms in total. The Hall–Kier alpha value is -1.66. The average Bonchev–Trinajstić information content (AvgIpc) is 2.36. The van der Waals surface area contributed by atoms with Crippen molar-refractivity contribution < 1.29 is 14.5 Å². The largest absolute Gasteiger partial charge is 0.465 e. The highest BCUT2D eigenvalue weighted by Gasteiger charge is 2.19. The van der Waals surface area contributed by atoms with E-state index in [-0.39, 0.29) is 23.9 Å². The standard InChI is InChI=1S/C12H15ClN2O4/c1-3-19-12(16)8(2)14-7-9-10(13)5-4-6-11(9)15(17)18/h4-6,8,14H,3,7H2,1-2H3/t8-/m1/s1. The van der Waals surface area contributed by atoms with Gasteiger partial charge >= 0.3 is 5.97 Å². The van der Waals surface area contributed by atoms with Crippen molar-refractivity contribution in [2.45, 2.75) is 26.4 Å². The van der Waals surface area contributed by atoms with E-state index in [9.17, 15) is 14.9 Å². The Bertz CT molecular complexity index is 479. The van der Waals surface area contributed by atoms with E-state index in [1.165, 1.54) is 12.1 Å². The number of nitrogens with zero attached hydrogens (tertiary/aromatic N) is 1. The Morgan fingerprint density at radius 3 is 2.84 bits per heavy atom. The average molecular weight is 287 g/mol. The van der Waals surface area contributed by atoms with Crippen LogP contribution in [0.15, 0.2) is 18.2 Å². The molecule has 0 amide bonds. The fraction of sp³-hybridized carbons (Fsp3) is 0.417. The molecule has 1 N–H and O–H groups in total. The normalized spacial score (nSPS) is 11.9. The molecule has 0 radical (unpaired) electrons. The zero-order valence-electron chi connectivity index (χ0n) is 10.7. The lowest BCUT2D eigenvalue weighted by atomic mass is 10.1. The molecule has 0 unspecified atom stereocenters. The molecule has 1 aromatic carbocycles. The monoisotopic (exact) mass is 286 g/mol. The summed E-state index contributed by atoms with van der Waals surface area (Å²) in [5.74, 6) is -0.405. The molecule has 0 spiro atoms. The number of rotatable bonds is 6. The molecule has 0 aromatic heterocycles. The van der Waals surface area contributed by atoms with Gasteiger partial charge in [-0.2, -0.15) is 0 Å². The van der Waals surface area contributed by atoms with Crippen LogP contribution in [-0.2, 0) is 16.1 Å². The van der Waals surface area contributed by atoms with Gasteiger partial charge in [0.15, 0.2) is 0 Å². The zero-order chi connectivity index (χ0) is 14.4. The molecule has 0 saturated heterocycles. The second kappa shape index (κ2) is 7.06. The second-order valence-corrected chi connectivity index (χ2v) is 4.26. The summed E-state index contributed by atoms with van der Waals surface area (Å²) < 4.78 is 4.83. The first-order chi connectivity index (χ1) is 8.97. The molecule has 0 fully saturated rings. The first-order valence-corrected chi connectivity index (χ1v) is 6.17. The van der Waals surface area contributed by atoms with E-state index in [0.29, 0.717) is 5.56 Å². The molecule has 0 heterocycles. The molecule has 0 saturated carbocycles. The van der Waals surface area contributed by atoms with Crippen LogP contribution in [0, 0.1) is 10.1 Å². The van der Waals surface area contributed by atoms with E-state index in [0.717, 1.165) is 0 Å². The van der Waals surface area contributed by atoms with Crippen LogP contribution in [0.4, 0.5) is 5.69 Å². The molecule has 19 heavy (non-hydrogen) atoms. The Kier molecular flexibility index (Phi) is 5.72. The van der Waals surface area contributed by atoms with E-state index in [1.54, 1.807) is 19.9 Å². The second-order valence-electron chi connectivity index (χ2n) is 3.85. The summed E-state index contributed by atoms with van der Waals surface area (Å²) in [6, 6.07) is 3.90. The summed E-state index contributed by atoms with van der Waals surface area (Å²) in [4.78, 5) is 21.8. The lowest BCUT2D eigenvalue weighted by molar-refractivity contribution is -0.385. The molecule has 1 atom stereocenters. The maximum absolute atomic E-state index is 11.4. The third-order valence-corrected chi connectivity index (χ3v) is 2.87. The van der Waals surface area contributed by atoms with Gasteiger partial charge in [-0.05, 0) is 19.9 Å². The van der Waals surface area contributed by atoms with Crippen LogP contribution in [-0.4, -0.2) is 23.5 Å². The fourth-order valence-corrected chi connectivity index (χ4v) is 1.74. The molecular weight excluding hydrogens is 272 g/mol. The molecule has 104 valence electrons. The van der Waals surface area contributed by atoms with Crippen molar-refractivity contribution in [3.8, 4) is 0 Å². The Morgan fingerprint density at radius 2 is 2.26 bits per heavy atom. The smallest absolute Gasteiger partial charge is 0.322 e. The van der Waals surface area contributed by atoms with Gasteiger partial charge in [0.1, 0.15) is 6.04 Å². The van der Waals surface area contributed by atoms with E-state index >= 15 is 0 Å². The van der Waals surface area contributed by atoms with Gasteiger partial charge in [0.2, 0.25) is 0 Å². The van der Waals surface area contributed by atoms with E-state index in [1.807, 2.05) is 0 Å². The minimum absolute atomic E-state index is 0.0731. The van der Waals surface area contributed by atoms with Gasteiger partial charge in [0, 0.05) is 12.6 Å². The van der Waals surface area contributed by atoms with Crippen molar-refractivity contribution in [3.63, 3.8) is 0 Å². The number of benzene rings is 1. The number of nitro benzene ring substituents is 1. The number of carbonyl (C=O) groups excluding carboxylic acids is 1. The Balaban J connectivity index is 2.77. The number of esters is 1. The van der Waals surface area contributed by atoms with Gasteiger partial charge in [-0.25, -0.2) is 0 Å². The minimum atomic E-state index is -0.559. The number of carbonyl (C=O) groups is 1. The van der Waals surface area contributed by atoms with Crippen molar-refractivity contribution in [3.05, 3.63) is 38.9 Å². The van der Waals surface area contributed by atoms with Crippen LogP contribution < -0.4 is 5.32 Å². The van der Waals surface area contributed by atoms with Gasteiger partial charge in [-0.3, -0.25) is 14.9 Å². The highest BCUT2D eigenvalue weighted by Crippen LogP contribution is 2.25. The third-order valence-electron chi connectivity index (χ3n) is 2.52. The van der Waals surface area contributed by atoms with Crippen LogP contribution in [0.25, 0.3) is 0 Å². The molecule has 7 heteroatoms. The van der Waals surface area contributed by atoms with Gasteiger partial charge in [-0.1, -0.05) is 17.7 Å². The molecule has 1 aromatic rings. The quantitative estimate of drug-likeness (QED) is 0.493. The molecule has 0 aliphatic rings. The lowest BCUT2D eigenvalue weighted by Crippen LogP contribution is -2.35. The first kappa shape index (κ1) is 15.4. The van der Waals surface area contributed by atoms with Gasteiger partial charge in [0.25, 0.3) is 5.69 Å². The van der Waals surface area contributed by atoms with E-state index in [2.05, 4.69) is 5.32 Å². The predicted molar refractivity (Wildman–Crippen MR) is 71.0 cm³/mol. The van der Waals surface area contributed by atoms with Crippen molar-refractivity contribution in [1.29, 1.82) is 0 Å². The van der Waals surface area contributed by atoms with Crippen LogP contribution in [0.1, 0.15) is 19.4 Å². The van der Waals surface area contributed by atoms with Crippen LogP contribution >= 0.6 is 11.6 Å². The number of nitro groups is 1. The van der Waals surface area contributed by atoms with Crippen molar-refractivity contribution in [2.75, 3.05) is 6.61 Å². The first-order valence-electron chi connectivity index (χ1n) is 5.79. The van der Waals surface area contributed by atoms with Crippen molar-refractivity contribution in [2.24, 2.45) is 0 Å². The zero-order valence-corrected chi connectivity index (χ0v) is 11.4. The maximum Gasteiger partial charge on any atom is 0.322 e. The summed E-state index contributed by atoms with van der Waals surface area (Å²) in [7, 11) is 0. The summed E-state index contributed by atoms with van der Waals surface area (Å²) >= 11 is 5.94. The van der Waals surface area contributed by atoms with E-state index < -0.39 is 16.9 Å². The topological polar surface area (TPSA) is 81.5 Å². The molecule has 1 rings (SSSR count). The SMILES string of the molecule is CCOC(=O)[C@@H](C)NCc1c(Cl)cccc1[N+](=O)[O-]. The third kappa shape index (κ3) is 4.18. The lowest BCUT2D eigenvalue weighted by Gasteiger charge is -2.13. The molecule has 0 aliphatic carbocycles. The van der Waals surface area contributed by atoms with Gasteiger partial charge in [-0.15, -0.1) is 0 Å². The Morgan fingerprint density at radius 1 is 1.58 bits per heavy atom. The number of nitrogens with one attached hydrogen (secondary N) is 1. The summed E-state index contributed by atoms with van der Waals surface area (Å²) in [5, 5.41) is 14.0. The highest BCUT2D eigenvalue weighted by molar-refractivity contribution is 6.31. The molecule has 0 aliphatic heterocycles. The van der Waals surface area contributed by atoms with Crippen molar-refractivity contribution >= 4 is 23.3 Å². The fourth-order valence-electron chi connectivity index (χ4n) is 1.50. The maximum atomic E-state index is 11.4. The van der Waals surface area contributed by atoms with Gasteiger partial charge < -0.3 is 10.1 Å². The molecule has 0 bridgehead atoms. The summed E-state index contributed by atoms with van der Waals surface area (Å²) in [5.41, 5.74) is 0.279. The van der Waals surface area contributed by atoms with Crippen molar-refractivity contribution in [1.82, 2.24) is 5.32 Å². The Labute approximate surface area is 115 Å². The van der Waals surface area contributed by atoms with Gasteiger partial charge in [0.05, 0.1) is 22.1 Å².